The number of rotatable bonds is 9. The van der Waals surface area contributed by atoms with E-state index in [4.69, 9.17) is 9.72 Å². The lowest BCUT2D eigenvalue weighted by molar-refractivity contribution is -0.137. The summed E-state index contributed by atoms with van der Waals surface area (Å²) in [4.78, 5) is 21.1. The molecule has 7 heteroatoms. The Balaban J connectivity index is 1.21. The van der Waals surface area contributed by atoms with Gasteiger partial charge in [-0.1, -0.05) is 36.4 Å². The summed E-state index contributed by atoms with van der Waals surface area (Å²) < 4.78 is 7.16. The molecule has 6 rings (SSSR count). The molecule has 2 N–H and O–H groups in total. The number of carbonyl (C=O) groups is 1. The molecule has 1 unspecified atom stereocenters. The number of fused-ring (bicyclic) bond motifs is 2. The number of carboxylic acids is 1. The number of hydrogen-bond donors (Lipinski definition) is 2. The van der Waals surface area contributed by atoms with Crippen molar-refractivity contribution in [3.8, 4) is 16.9 Å². The van der Waals surface area contributed by atoms with E-state index in [1.807, 2.05) is 54.7 Å². The summed E-state index contributed by atoms with van der Waals surface area (Å²) in [5, 5.41) is 16.3. The molecule has 0 amide bonds. The fraction of sp³-hybridized carbons (Fsp3) is 0.219. The normalized spacial score (nSPS) is 13.4. The van der Waals surface area contributed by atoms with Gasteiger partial charge in [-0.2, -0.15) is 0 Å². The molecule has 0 saturated heterocycles. The van der Waals surface area contributed by atoms with Crippen molar-refractivity contribution in [1.82, 2.24) is 9.97 Å². The third kappa shape index (κ3) is 5.64. The molecular formula is C32H29N3O3S. The summed E-state index contributed by atoms with van der Waals surface area (Å²) in [5.74, 6) is 0.666. The molecule has 39 heavy (non-hydrogen) atoms. The minimum absolute atomic E-state index is 0.00730. The van der Waals surface area contributed by atoms with Gasteiger partial charge in [0.05, 0.1) is 13.0 Å². The van der Waals surface area contributed by atoms with Crippen molar-refractivity contribution < 1.29 is 14.6 Å². The van der Waals surface area contributed by atoms with E-state index in [9.17, 15) is 9.90 Å². The van der Waals surface area contributed by atoms with Crippen molar-refractivity contribution in [1.29, 1.82) is 0 Å². The van der Waals surface area contributed by atoms with Gasteiger partial charge in [-0.05, 0) is 76.2 Å². The van der Waals surface area contributed by atoms with E-state index in [0.29, 0.717) is 6.61 Å². The number of thiophene rings is 1. The highest BCUT2D eigenvalue weighted by atomic mass is 32.1. The van der Waals surface area contributed by atoms with Crippen molar-refractivity contribution in [3.63, 3.8) is 0 Å². The average Bonchev–Trinajstić information content (AvgIpc) is 3.39. The minimum atomic E-state index is -0.838. The fourth-order valence-corrected chi connectivity index (χ4v) is 6.23. The Hall–Kier alpha value is -4.23. The molecule has 5 aromatic rings. The lowest BCUT2D eigenvalue weighted by atomic mass is 9.88. The van der Waals surface area contributed by atoms with Crippen LogP contribution in [-0.2, 0) is 17.6 Å². The highest BCUT2D eigenvalue weighted by Gasteiger charge is 2.22. The monoisotopic (exact) mass is 535 g/mol. The van der Waals surface area contributed by atoms with Gasteiger partial charge in [-0.15, -0.1) is 11.3 Å². The number of pyridine rings is 2. The molecule has 0 spiro atoms. The van der Waals surface area contributed by atoms with E-state index >= 15 is 0 Å². The zero-order valence-electron chi connectivity index (χ0n) is 21.5. The second kappa shape index (κ2) is 11.3. The Kier molecular flexibility index (Phi) is 7.23. The van der Waals surface area contributed by atoms with E-state index < -0.39 is 5.97 Å². The predicted octanol–water partition coefficient (Wildman–Crippen LogP) is 6.94. The van der Waals surface area contributed by atoms with Crippen LogP contribution in [0.4, 0.5) is 5.82 Å². The predicted molar refractivity (Wildman–Crippen MR) is 156 cm³/mol. The van der Waals surface area contributed by atoms with Crippen LogP contribution in [0.1, 0.15) is 41.1 Å². The number of aryl methyl sites for hydroxylation is 1. The molecule has 4 heterocycles. The quantitative estimate of drug-likeness (QED) is 0.213. The number of nitrogens with one attached hydrogen (secondary N) is 1. The topological polar surface area (TPSA) is 84.3 Å². The number of ether oxygens (including phenoxy) is 1. The standard InChI is InChI=1S/C32H29N3O3S/c36-31(37)17-28(24-15-23(18-33-19-24)21-5-2-1-3-6-21)29-20-39-30-16-26(10-11-27(29)30)38-14-12-25-9-8-22-7-4-13-34-32(22)35-25/h1-3,5-6,8-11,15-16,18-20,28H,4,7,12-14,17H2,(H,34,35)(H,36,37). The van der Waals surface area contributed by atoms with Crippen LogP contribution in [0.15, 0.2) is 84.5 Å². The smallest absolute Gasteiger partial charge is 0.304 e. The molecular weight excluding hydrogens is 506 g/mol. The molecule has 0 bridgehead atoms. The Morgan fingerprint density at radius 1 is 1.05 bits per heavy atom. The molecule has 1 aliphatic rings. The zero-order chi connectivity index (χ0) is 26.6. The van der Waals surface area contributed by atoms with E-state index in [2.05, 4.69) is 33.9 Å². The maximum Gasteiger partial charge on any atom is 0.304 e. The first kappa shape index (κ1) is 25.1. The van der Waals surface area contributed by atoms with E-state index in [1.54, 1.807) is 17.5 Å². The molecule has 1 atom stereocenters. The number of benzene rings is 2. The maximum absolute atomic E-state index is 11.9. The first-order valence-electron chi connectivity index (χ1n) is 13.2. The molecule has 196 valence electrons. The number of nitrogens with zero attached hydrogens (tertiary/aromatic N) is 2. The summed E-state index contributed by atoms with van der Waals surface area (Å²) in [6.45, 7) is 1.51. The average molecular weight is 536 g/mol. The van der Waals surface area contributed by atoms with Crippen LogP contribution in [-0.4, -0.2) is 34.2 Å². The summed E-state index contributed by atoms with van der Waals surface area (Å²) in [6.07, 6.45) is 6.56. The van der Waals surface area contributed by atoms with Gasteiger partial charge in [0.15, 0.2) is 0 Å². The summed E-state index contributed by atoms with van der Waals surface area (Å²) in [6, 6.07) is 22.4. The number of hydrogen-bond acceptors (Lipinski definition) is 6. The fourth-order valence-electron chi connectivity index (χ4n) is 5.19. The van der Waals surface area contributed by atoms with Gasteiger partial charge in [0, 0.05) is 47.2 Å². The highest BCUT2D eigenvalue weighted by Crippen LogP contribution is 2.39. The van der Waals surface area contributed by atoms with Crippen molar-refractivity contribution >= 4 is 33.2 Å². The van der Waals surface area contributed by atoms with Crippen LogP contribution in [0.5, 0.6) is 5.75 Å². The molecule has 2 aromatic carbocycles. The lowest BCUT2D eigenvalue weighted by Crippen LogP contribution is -2.14. The number of anilines is 1. The summed E-state index contributed by atoms with van der Waals surface area (Å²) in [7, 11) is 0. The second-order valence-electron chi connectivity index (χ2n) is 9.81. The Morgan fingerprint density at radius 3 is 2.82 bits per heavy atom. The minimum Gasteiger partial charge on any atom is -0.493 e. The van der Waals surface area contributed by atoms with Crippen molar-refractivity contribution in [2.24, 2.45) is 0 Å². The van der Waals surface area contributed by atoms with Crippen molar-refractivity contribution in [2.75, 3.05) is 18.5 Å². The maximum atomic E-state index is 11.9. The van der Waals surface area contributed by atoms with Gasteiger partial charge in [0.2, 0.25) is 0 Å². The molecule has 0 radical (unpaired) electrons. The van der Waals surface area contributed by atoms with Gasteiger partial charge in [0.25, 0.3) is 0 Å². The van der Waals surface area contributed by atoms with Crippen molar-refractivity contribution in [2.45, 2.75) is 31.6 Å². The number of carboxylic acid groups (broad SMARTS) is 1. The third-order valence-corrected chi connectivity index (χ3v) is 8.14. The van der Waals surface area contributed by atoms with E-state index in [0.717, 1.165) is 75.4 Å². The molecule has 1 aliphatic heterocycles. The molecule has 6 nitrogen and oxygen atoms in total. The SMILES string of the molecule is O=C(O)CC(c1cncc(-c2ccccc2)c1)c1csc2cc(OCCc3ccc4c(n3)NCCC4)ccc12. The van der Waals surface area contributed by atoms with Crippen LogP contribution in [0.25, 0.3) is 21.2 Å². The lowest BCUT2D eigenvalue weighted by Gasteiger charge is -2.17. The Bertz CT molecular complexity index is 1620. The number of aromatic nitrogens is 2. The van der Waals surface area contributed by atoms with Gasteiger partial charge in [-0.25, -0.2) is 4.98 Å². The van der Waals surface area contributed by atoms with Gasteiger partial charge in [-0.3, -0.25) is 9.78 Å². The van der Waals surface area contributed by atoms with Crippen LogP contribution < -0.4 is 10.1 Å². The van der Waals surface area contributed by atoms with Gasteiger partial charge >= 0.3 is 5.97 Å². The first-order valence-corrected chi connectivity index (χ1v) is 14.1. The molecule has 0 aliphatic carbocycles. The van der Waals surface area contributed by atoms with Gasteiger partial charge in [0.1, 0.15) is 11.6 Å². The first-order chi connectivity index (χ1) is 19.1. The summed E-state index contributed by atoms with van der Waals surface area (Å²) in [5.41, 5.74) is 6.23. The summed E-state index contributed by atoms with van der Waals surface area (Å²) >= 11 is 1.61. The third-order valence-electron chi connectivity index (χ3n) is 7.18. The highest BCUT2D eigenvalue weighted by molar-refractivity contribution is 7.17. The molecule has 0 saturated carbocycles. The van der Waals surface area contributed by atoms with Crippen LogP contribution >= 0.6 is 11.3 Å². The molecule has 3 aromatic heterocycles. The second-order valence-corrected chi connectivity index (χ2v) is 10.7. The van der Waals surface area contributed by atoms with Crippen molar-refractivity contribution in [3.05, 3.63) is 107 Å². The van der Waals surface area contributed by atoms with Crippen LogP contribution in [0.2, 0.25) is 0 Å². The van der Waals surface area contributed by atoms with Gasteiger partial charge < -0.3 is 15.2 Å². The number of aliphatic carboxylic acids is 1. The largest absolute Gasteiger partial charge is 0.493 e. The van der Waals surface area contributed by atoms with Crippen LogP contribution in [0.3, 0.4) is 0 Å². The zero-order valence-corrected chi connectivity index (χ0v) is 22.3. The molecule has 0 fully saturated rings. The Morgan fingerprint density at radius 2 is 1.95 bits per heavy atom. The van der Waals surface area contributed by atoms with Crippen LogP contribution in [0, 0.1) is 0 Å². The van der Waals surface area contributed by atoms with E-state index in [1.165, 1.54) is 5.56 Å². The Labute approximate surface area is 231 Å². The van der Waals surface area contributed by atoms with E-state index in [-0.39, 0.29) is 12.3 Å².